The first-order valence-electron chi connectivity index (χ1n) is 8.22. The molecule has 0 fully saturated rings. The smallest absolute Gasteiger partial charge is 0.246 e. The lowest BCUT2D eigenvalue weighted by molar-refractivity contribution is -0.116. The molecule has 26 heavy (non-hydrogen) atoms. The molecule has 0 aliphatic heterocycles. The third-order valence-electron chi connectivity index (χ3n) is 3.86. The Labute approximate surface area is 155 Å². The van der Waals surface area contributed by atoms with Crippen LogP contribution >= 0.6 is 11.3 Å². The van der Waals surface area contributed by atoms with Crippen molar-refractivity contribution in [3.8, 4) is 0 Å². The predicted octanol–water partition coefficient (Wildman–Crippen LogP) is 2.70. The van der Waals surface area contributed by atoms with Crippen LogP contribution in [0.1, 0.15) is 28.1 Å². The van der Waals surface area contributed by atoms with Crippen molar-refractivity contribution in [1.82, 2.24) is 19.4 Å². The summed E-state index contributed by atoms with van der Waals surface area (Å²) in [5, 5.41) is 3.24. The van der Waals surface area contributed by atoms with Gasteiger partial charge in [0.2, 0.25) is 5.91 Å². The van der Waals surface area contributed by atoms with Gasteiger partial charge in [0.1, 0.15) is 12.4 Å². The van der Waals surface area contributed by atoms with Crippen molar-refractivity contribution < 1.29 is 9.59 Å². The van der Waals surface area contributed by atoms with E-state index in [4.69, 9.17) is 0 Å². The summed E-state index contributed by atoms with van der Waals surface area (Å²) >= 11 is 1.20. The fraction of sp³-hybridized carbons (Fsp3) is 0.333. The number of ketones is 1. The quantitative estimate of drug-likeness (QED) is 0.674. The zero-order valence-corrected chi connectivity index (χ0v) is 16.1. The van der Waals surface area contributed by atoms with Gasteiger partial charge < -0.3 is 14.8 Å². The average molecular weight is 371 g/mol. The number of hydrogen-bond acceptors (Lipinski definition) is 6. The molecule has 2 aromatic heterocycles. The Kier molecular flexibility index (Phi) is 5.15. The number of rotatable bonds is 6. The fourth-order valence-corrected chi connectivity index (χ4v) is 3.66. The second-order valence-electron chi connectivity index (χ2n) is 6.38. The third-order valence-corrected chi connectivity index (χ3v) is 5.03. The Bertz CT molecular complexity index is 973. The highest BCUT2D eigenvalue weighted by Crippen LogP contribution is 2.23. The summed E-state index contributed by atoms with van der Waals surface area (Å²) in [4.78, 5) is 35.6. The Balaban J connectivity index is 1.84. The molecule has 3 aromatic rings. The van der Waals surface area contributed by atoms with Crippen LogP contribution in [0.4, 0.5) is 5.13 Å². The fourth-order valence-electron chi connectivity index (χ4n) is 2.78. The highest BCUT2D eigenvalue weighted by atomic mass is 32.1. The number of hydrogen-bond donors (Lipinski definition) is 1. The maximum Gasteiger partial charge on any atom is 0.246 e. The molecule has 8 heteroatoms. The summed E-state index contributed by atoms with van der Waals surface area (Å²) in [6.45, 7) is 4.03. The second-order valence-corrected chi connectivity index (χ2v) is 7.38. The summed E-state index contributed by atoms with van der Waals surface area (Å²) < 4.78 is 1.91. The van der Waals surface area contributed by atoms with Gasteiger partial charge >= 0.3 is 0 Å². The molecule has 0 saturated carbocycles. The van der Waals surface area contributed by atoms with Crippen molar-refractivity contribution >= 4 is 39.2 Å². The zero-order valence-electron chi connectivity index (χ0n) is 15.2. The standard InChI is InChI=1S/C18H21N5O2S/c1-11-17(12(2)24)26-18(19-11)21-16(25)10-23-14-8-6-5-7-13(14)20-15(23)9-22(3)4/h5-8H,9-10H2,1-4H3,(H,19,21,25). The van der Waals surface area contributed by atoms with E-state index in [2.05, 4.69) is 15.3 Å². The van der Waals surface area contributed by atoms with Gasteiger partial charge in [0.15, 0.2) is 10.9 Å². The summed E-state index contributed by atoms with van der Waals surface area (Å²) in [5.41, 5.74) is 2.42. The first kappa shape index (κ1) is 18.2. The number of imidazole rings is 1. The van der Waals surface area contributed by atoms with E-state index in [1.54, 1.807) is 6.92 Å². The molecular formula is C18H21N5O2S. The molecule has 136 valence electrons. The normalized spacial score (nSPS) is 11.3. The van der Waals surface area contributed by atoms with Gasteiger partial charge in [-0.1, -0.05) is 23.5 Å². The molecular weight excluding hydrogens is 350 g/mol. The predicted molar refractivity (Wildman–Crippen MR) is 103 cm³/mol. The number of nitrogens with one attached hydrogen (secondary N) is 1. The van der Waals surface area contributed by atoms with Crippen LogP contribution in [0, 0.1) is 6.92 Å². The van der Waals surface area contributed by atoms with Gasteiger partial charge in [0.25, 0.3) is 0 Å². The van der Waals surface area contributed by atoms with Gasteiger partial charge in [0, 0.05) is 6.92 Å². The Morgan fingerprint density at radius 2 is 1.96 bits per heavy atom. The van der Waals surface area contributed by atoms with E-state index in [1.807, 2.05) is 47.8 Å². The van der Waals surface area contributed by atoms with E-state index in [9.17, 15) is 9.59 Å². The monoisotopic (exact) mass is 371 g/mol. The molecule has 0 saturated heterocycles. The topological polar surface area (TPSA) is 80.1 Å². The van der Waals surface area contributed by atoms with Crippen LogP contribution in [0.3, 0.4) is 0 Å². The summed E-state index contributed by atoms with van der Waals surface area (Å²) in [6, 6.07) is 7.75. The summed E-state index contributed by atoms with van der Waals surface area (Å²) in [7, 11) is 3.93. The lowest BCUT2D eigenvalue weighted by atomic mass is 10.3. The van der Waals surface area contributed by atoms with Crippen molar-refractivity contribution in [3.05, 3.63) is 40.7 Å². The molecule has 0 atom stereocenters. The minimum absolute atomic E-state index is 0.0469. The van der Waals surface area contributed by atoms with Gasteiger partial charge in [-0.15, -0.1) is 0 Å². The van der Waals surface area contributed by atoms with E-state index in [0.717, 1.165) is 16.9 Å². The first-order chi connectivity index (χ1) is 12.3. The molecule has 7 nitrogen and oxygen atoms in total. The van der Waals surface area contributed by atoms with Crippen molar-refractivity contribution in [1.29, 1.82) is 0 Å². The van der Waals surface area contributed by atoms with E-state index in [1.165, 1.54) is 18.3 Å². The molecule has 1 N–H and O–H groups in total. The van der Waals surface area contributed by atoms with Crippen molar-refractivity contribution in [3.63, 3.8) is 0 Å². The SMILES string of the molecule is CC(=O)c1sc(NC(=O)Cn2c(CN(C)C)nc3ccccc32)nc1C. The summed E-state index contributed by atoms with van der Waals surface area (Å²) in [5.74, 6) is 0.581. The van der Waals surface area contributed by atoms with Gasteiger partial charge in [0.05, 0.1) is 28.1 Å². The molecule has 1 amide bonds. The van der Waals surface area contributed by atoms with Crippen molar-refractivity contribution in [2.45, 2.75) is 26.9 Å². The van der Waals surface area contributed by atoms with E-state index in [-0.39, 0.29) is 18.2 Å². The lowest BCUT2D eigenvalue weighted by Crippen LogP contribution is -2.22. The maximum absolute atomic E-state index is 12.6. The minimum atomic E-state index is -0.197. The van der Waals surface area contributed by atoms with Crippen LogP contribution in [0.25, 0.3) is 11.0 Å². The van der Waals surface area contributed by atoms with E-state index < -0.39 is 0 Å². The number of nitrogens with zero attached hydrogens (tertiary/aromatic N) is 4. The van der Waals surface area contributed by atoms with Crippen molar-refractivity contribution in [2.24, 2.45) is 0 Å². The lowest BCUT2D eigenvalue weighted by Gasteiger charge is -2.12. The van der Waals surface area contributed by atoms with Crippen LogP contribution in [-0.2, 0) is 17.9 Å². The van der Waals surface area contributed by atoms with Gasteiger partial charge in [-0.25, -0.2) is 9.97 Å². The Morgan fingerprint density at radius 1 is 1.23 bits per heavy atom. The molecule has 3 rings (SSSR count). The molecule has 2 heterocycles. The largest absolute Gasteiger partial charge is 0.317 e. The molecule has 1 aromatic carbocycles. The number of aryl methyl sites for hydroxylation is 1. The number of aromatic nitrogens is 3. The number of benzene rings is 1. The number of anilines is 1. The Hall–Kier alpha value is -2.58. The zero-order chi connectivity index (χ0) is 18.8. The van der Waals surface area contributed by atoms with Crippen molar-refractivity contribution in [2.75, 3.05) is 19.4 Å². The second kappa shape index (κ2) is 7.35. The molecule has 0 bridgehead atoms. The molecule has 0 radical (unpaired) electrons. The average Bonchev–Trinajstić information content (AvgIpc) is 3.08. The van der Waals surface area contributed by atoms with Crippen LogP contribution in [0.15, 0.2) is 24.3 Å². The van der Waals surface area contributed by atoms with Gasteiger partial charge in [-0.2, -0.15) is 0 Å². The minimum Gasteiger partial charge on any atom is -0.317 e. The number of thiazole rings is 1. The van der Waals surface area contributed by atoms with Gasteiger partial charge in [-0.3, -0.25) is 9.59 Å². The molecule has 0 aliphatic rings. The highest BCUT2D eigenvalue weighted by Gasteiger charge is 2.17. The number of amides is 1. The number of para-hydroxylation sites is 2. The van der Waals surface area contributed by atoms with Crippen LogP contribution in [0.5, 0.6) is 0 Å². The van der Waals surface area contributed by atoms with Crippen LogP contribution < -0.4 is 5.32 Å². The third kappa shape index (κ3) is 3.81. The number of Topliss-reactive ketones (excluding diaryl/α,β-unsaturated/α-hetero) is 1. The molecule has 0 aliphatic carbocycles. The first-order valence-corrected chi connectivity index (χ1v) is 9.04. The summed E-state index contributed by atoms with van der Waals surface area (Å²) in [6.07, 6.45) is 0. The maximum atomic E-state index is 12.6. The van der Waals surface area contributed by atoms with Crippen LogP contribution in [-0.4, -0.2) is 45.2 Å². The molecule has 0 unspecified atom stereocenters. The van der Waals surface area contributed by atoms with E-state index >= 15 is 0 Å². The number of carbonyl (C=O) groups excluding carboxylic acids is 2. The number of fused-ring (bicyclic) bond motifs is 1. The Morgan fingerprint density at radius 3 is 2.62 bits per heavy atom. The van der Waals surface area contributed by atoms with Crippen LogP contribution in [0.2, 0.25) is 0 Å². The van der Waals surface area contributed by atoms with Gasteiger partial charge in [-0.05, 0) is 33.2 Å². The highest BCUT2D eigenvalue weighted by molar-refractivity contribution is 7.17. The van der Waals surface area contributed by atoms with E-state index in [0.29, 0.717) is 22.2 Å². The molecule has 0 spiro atoms. The number of carbonyl (C=O) groups is 2.